The third-order valence-electron chi connectivity index (χ3n) is 5.25. The van der Waals surface area contributed by atoms with Gasteiger partial charge in [0.25, 0.3) is 0 Å². The van der Waals surface area contributed by atoms with E-state index >= 15 is 0 Å². The highest BCUT2D eigenvalue weighted by Crippen LogP contribution is 2.47. The number of carboxylic acids is 1. The van der Waals surface area contributed by atoms with E-state index < -0.39 is 48.9 Å². The van der Waals surface area contributed by atoms with Gasteiger partial charge in [0.1, 0.15) is 18.3 Å². The van der Waals surface area contributed by atoms with Crippen LogP contribution in [-0.2, 0) is 23.8 Å². The lowest BCUT2D eigenvalue weighted by Crippen LogP contribution is -2.54. The molecule has 0 aromatic heterocycles. The Kier molecular flexibility index (Phi) is 10.1. The number of fused-ring (bicyclic) bond motifs is 1. The Bertz CT molecular complexity index is 1010. The molecule has 0 bridgehead atoms. The summed E-state index contributed by atoms with van der Waals surface area (Å²) in [4.78, 5) is 23.1. The fourth-order valence-corrected chi connectivity index (χ4v) is 3.01. The number of carbonyl (C=O) groups is 2. The zero-order valence-corrected chi connectivity index (χ0v) is 20.1. The van der Waals surface area contributed by atoms with Crippen molar-refractivity contribution in [2.45, 2.75) is 58.1 Å². The molecule has 0 saturated carbocycles. The van der Waals surface area contributed by atoms with Crippen molar-refractivity contribution >= 4 is 11.9 Å². The average Bonchev–Trinajstić information content (AvgIpc) is 3.52. The summed E-state index contributed by atoms with van der Waals surface area (Å²) in [6.45, 7) is 6.29. The van der Waals surface area contributed by atoms with Gasteiger partial charge in [0.05, 0.1) is 6.61 Å². The minimum atomic E-state index is -1.80. The average molecular weight is 489 g/mol. The Hall–Kier alpha value is -3.08. The molecule has 4 N–H and O–H groups in total. The molecule has 3 unspecified atom stereocenters. The quantitative estimate of drug-likeness (QED) is 0.157. The van der Waals surface area contributed by atoms with Crippen LogP contribution in [0.5, 0.6) is 0 Å². The number of allylic oxidation sites excluding steroid dienone is 12. The normalized spacial score (nSPS) is 30.3. The third kappa shape index (κ3) is 7.98. The van der Waals surface area contributed by atoms with Crippen LogP contribution in [0, 0.1) is 0 Å². The van der Waals surface area contributed by atoms with E-state index in [1.54, 1.807) is 37.3 Å². The zero-order chi connectivity index (χ0) is 26.2. The molecule has 9 heteroatoms. The van der Waals surface area contributed by atoms with Gasteiger partial charge in [-0.05, 0) is 27.7 Å². The molecule has 190 valence electrons. The second kappa shape index (κ2) is 12.6. The number of aliphatic carboxylic acids is 1. The summed E-state index contributed by atoms with van der Waals surface area (Å²) < 4.78 is 15.7. The Labute approximate surface area is 204 Å². The monoisotopic (exact) mass is 488 g/mol. The first-order chi connectivity index (χ1) is 16.5. The van der Waals surface area contributed by atoms with Crippen LogP contribution in [0.2, 0.25) is 0 Å². The van der Waals surface area contributed by atoms with Crippen LogP contribution in [0.25, 0.3) is 0 Å². The van der Waals surface area contributed by atoms with E-state index in [1.807, 2.05) is 38.2 Å². The highest BCUT2D eigenvalue weighted by Gasteiger charge is 2.72. The molecule has 2 rings (SSSR count). The number of esters is 1. The first-order valence-corrected chi connectivity index (χ1v) is 11.0. The van der Waals surface area contributed by atoms with E-state index in [0.717, 1.165) is 11.1 Å². The van der Waals surface area contributed by atoms with Crippen LogP contribution in [-0.4, -0.2) is 69.4 Å². The number of rotatable bonds is 10. The zero-order valence-electron chi connectivity index (χ0n) is 20.1. The number of carbonyl (C=O) groups excluding carboxylic acids is 1. The molecule has 2 aliphatic rings. The van der Waals surface area contributed by atoms with Crippen molar-refractivity contribution in [2.75, 3.05) is 6.61 Å². The molecule has 2 saturated heterocycles. The van der Waals surface area contributed by atoms with E-state index in [-0.39, 0.29) is 11.1 Å². The molecule has 0 amide bonds. The molecule has 0 aromatic rings. The van der Waals surface area contributed by atoms with E-state index in [2.05, 4.69) is 0 Å². The maximum Gasteiger partial charge on any atom is 0.361 e. The Morgan fingerprint density at radius 2 is 1.37 bits per heavy atom. The number of ether oxygens (including phenoxy) is 3. The molecule has 0 spiro atoms. The van der Waals surface area contributed by atoms with Gasteiger partial charge in [-0.3, -0.25) is 4.74 Å². The highest BCUT2D eigenvalue weighted by molar-refractivity contribution is 5.88. The molecular weight excluding hydrogens is 456 g/mol. The lowest BCUT2D eigenvalue weighted by atomic mass is 10.0. The lowest BCUT2D eigenvalue weighted by Gasteiger charge is -2.31. The Balaban J connectivity index is 1.87. The SMILES string of the molecule is CC(/C=C/C=C(\C)C(=O)O)=C\C=C\C=C(C)\C=C\C=C(/C)C(=O)O[C@]12OC(CO)[C@@H](O)C(O)C1O2. The largest absolute Gasteiger partial charge is 0.478 e. The summed E-state index contributed by atoms with van der Waals surface area (Å²) in [5, 5.41) is 37.9. The van der Waals surface area contributed by atoms with Gasteiger partial charge in [0.2, 0.25) is 0 Å². The van der Waals surface area contributed by atoms with Gasteiger partial charge in [0, 0.05) is 11.1 Å². The summed E-state index contributed by atoms with van der Waals surface area (Å²) in [6.07, 6.45) is 12.7. The van der Waals surface area contributed by atoms with Crippen LogP contribution in [0.4, 0.5) is 0 Å². The van der Waals surface area contributed by atoms with Gasteiger partial charge in [0.15, 0.2) is 6.10 Å². The van der Waals surface area contributed by atoms with E-state index in [9.17, 15) is 24.9 Å². The third-order valence-corrected chi connectivity index (χ3v) is 5.25. The maximum atomic E-state index is 12.4. The van der Waals surface area contributed by atoms with E-state index in [4.69, 9.17) is 19.3 Å². The summed E-state index contributed by atoms with van der Waals surface area (Å²) in [6, 6.07) is 0. The van der Waals surface area contributed by atoms with Gasteiger partial charge in [-0.1, -0.05) is 71.9 Å². The van der Waals surface area contributed by atoms with Gasteiger partial charge >= 0.3 is 17.9 Å². The van der Waals surface area contributed by atoms with Gasteiger partial charge in [-0.15, -0.1) is 0 Å². The van der Waals surface area contributed by atoms with E-state index in [1.165, 1.54) is 13.0 Å². The molecule has 2 aliphatic heterocycles. The number of aliphatic hydroxyl groups excluding tert-OH is 3. The molecule has 2 fully saturated rings. The van der Waals surface area contributed by atoms with Crippen LogP contribution in [0.15, 0.2) is 83.1 Å². The van der Waals surface area contributed by atoms with Crippen LogP contribution < -0.4 is 0 Å². The first kappa shape index (κ1) is 28.2. The van der Waals surface area contributed by atoms with Gasteiger partial charge in [-0.2, -0.15) is 0 Å². The Morgan fingerprint density at radius 3 is 1.89 bits per heavy atom. The number of epoxide rings is 1. The molecule has 0 aromatic carbocycles. The number of carboxylic acid groups (broad SMARTS) is 1. The predicted octanol–water partition coefficient (Wildman–Crippen LogP) is 2.23. The van der Waals surface area contributed by atoms with Crippen molar-refractivity contribution < 1.29 is 44.2 Å². The van der Waals surface area contributed by atoms with Crippen LogP contribution in [0.1, 0.15) is 27.7 Å². The summed E-state index contributed by atoms with van der Waals surface area (Å²) in [5.74, 6) is -3.47. The van der Waals surface area contributed by atoms with Crippen molar-refractivity contribution in [3.05, 3.63) is 83.1 Å². The fourth-order valence-electron chi connectivity index (χ4n) is 3.01. The summed E-state index contributed by atoms with van der Waals surface area (Å²) >= 11 is 0. The molecule has 35 heavy (non-hydrogen) atoms. The molecule has 5 atom stereocenters. The number of aliphatic hydroxyl groups is 3. The standard InChI is InChI=1S/C26H32O9/c1-16(11-7-13-18(3)24(30)31)9-5-6-10-17(2)12-8-14-19(4)25(32)35-26-23(34-26)22(29)21(28)20(15-27)33-26/h5-14,20-23,27-29H,15H2,1-4H3,(H,30,31)/b6-5+,11-7+,12-8+,16-9+,17-10+,18-13+,19-14+/t20?,21-,22?,23?,26+/m1/s1. The second-order valence-electron chi connectivity index (χ2n) is 8.28. The van der Waals surface area contributed by atoms with Gasteiger partial charge in [-0.25, -0.2) is 9.59 Å². The van der Waals surface area contributed by atoms with Crippen molar-refractivity contribution in [3.8, 4) is 0 Å². The summed E-state index contributed by atoms with van der Waals surface area (Å²) in [7, 11) is 0. The maximum absolute atomic E-state index is 12.4. The number of hydrogen-bond donors (Lipinski definition) is 4. The topological polar surface area (TPSA) is 146 Å². The van der Waals surface area contributed by atoms with Gasteiger partial charge < -0.3 is 29.9 Å². The molecule has 0 radical (unpaired) electrons. The number of hydrogen-bond acceptors (Lipinski definition) is 8. The second-order valence-corrected chi connectivity index (χ2v) is 8.28. The molecule has 2 heterocycles. The lowest BCUT2D eigenvalue weighted by molar-refractivity contribution is -0.275. The molecule has 9 nitrogen and oxygen atoms in total. The van der Waals surface area contributed by atoms with Crippen molar-refractivity contribution in [3.63, 3.8) is 0 Å². The molecular formula is C26H32O9. The van der Waals surface area contributed by atoms with Crippen molar-refractivity contribution in [1.29, 1.82) is 0 Å². The Morgan fingerprint density at radius 1 is 0.829 bits per heavy atom. The smallest absolute Gasteiger partial charge is 0.361 e. The minimum absolute atomic E-state index is 0.258. The fraction of sp³-hybridized carbons (Fsp3) is 0.385. The predicted molar refractivity (Wildman–Crippen MR) is 128 cm³/mol. The van der Waals surface area contributed by atoms with E-state index in [0.29, 0.717) is 0 Å². The molecule has 0 aliphatic carbocycles. The summed E-state index contributed by atoms with van der Waals surface area (Å²) in [5.41, 5.74) is 2.39. The highest BCUT2D eigenvalue weighted by atomic mass is 17.0. The van der Waals surface area contributed by atoms with Crippen LogP contribution in [0.3, 0.4) is 0 Å². The van der Waals surface area contributed by atoms with Crippen molar-refractivity contribution in [1.82, 2.24) is 0 Å². The minimum Gasteiger partial charge on any atom is -0.478 e. The van der Waals surface area contributed by atoms with Crippen LogP contribution >= 0.6 is 0 Å². The van der Waals surface area contributed by atoms with Crippen molar-refractivity contribution in [2.24, 2.45) is 0 Å². The first-order valence-electron chi connectivity index (χ1n) is 11.0.